The molecule has 1 unspecified atom stereocenters. The molecule has 2 aromatic carbocycles. The smallest absolute Gasteiger partial charge is 0.169 e. The van der Waals surface area contributed by atoms with E-state index in [1.165, 1.54) is 0 Å². The normalized spacial score (nSPS) is 11.6. The van der Waals surface area contributed by atoms with E-state index in [2.05, 4.69) is 6.07 Å². The van der Waals surface area contributed by atoms with Crippen LogP contribution in [-0.2, 0) is 11.3 Å². The lowest BCUT2D eigenvalue weighted by Crippen LogP contribution is -2.01. The number of hydrogen-bond donors (Lipinski definition) is 0. The van der Waals surface area contributed by atoms with E-state index < -0.39 is 6.10 Å². The molecule has 0 fully saturated rings. The van der Waals surface area contributed by atoms with Crippen LogP contribution >= 0.6 is 0 Å². The number of benzene rings is 2. The van der Waals surface area contributed by atoms with Crippen molar-refractivity contribution in [2.24, 2.45) is 0 Å². The molecule has 0 bridgehead atoms. The predicted molar refractivity (Wildman–Crippen MR) is 77.2 cm³/mol. The Morgan fingerprint density at radius 1 is 1.05 bits per heavy atom. The molecule has 3 heteroatoms. The first kappa shape index (κ1) is 14.1. The molecule has 0 saturated carbocycles. The van der Waals surface area contributed by atoms with Crippen LogP contribution in [0.1, 0.15) is 24.2 Å². The van der Waals surface area contributed by atoms with Crippen LogP contribution in [0.15, 0.2) is 54.6 Å². The molecule has 0 spiro atoms. The summed E-state index contributed by atoms with van der Waals surface area (Å²) in [6.07, 6.45) is -0.511. The minimum atomic E-state index is -0.511. The van der Waals surface area contributed by atoms with Crippen molar-refractivity contribution in [3.63, 3.8) is 0 Å². The first-order chi connectivity index (χ1) is 9.83. The van der Waals surface area contributed by atoms with Crippen molar-refractivity contribution in [3.05, 3.63) is 65.7 Å². The topological polar surface area (TPSA) is 42.2 Å². The van der Waals surface area contributed by atoms with Gasteiger partial charge in [-0.05, 0) is 30.2 Å². The summed E-state index contributed by atoms with van der Waals surface area (Å²) >= 11 is 0. The van der Waals surface area contributed by atoms with Gasteiger partial charge in [-0.3, -0.25) is 0 Å². The summed E-state index contributed by atoms with van der Waals surface area (Å²) in [5.74, 6) is 0.783. The van der Waals surface area contributed by atoms with Crippen molar-refractivity contribution in [1.82, 2.24) is 0 Å². The molecule has 0 N–H and O–H groups in total. The second-order valence-electron chi connectivity index (χ2n) is 4.31. The third kappa shape index (κ3) is 3.84. The number of nitriles is 1. The highest BCUT2D eigenvalue weighted by Crippen LogP contribution is 2.20. The highest BCUT2D eigenvalue weighted by atomic mass is 16.5. The maximum Gasteiger partial charge on any atom is 0.169 e. The quantitative estimate of drug-likeness (QED) is 0.798. The summed E-state index contributed by atoms with van der Waals surface area (Å²) in [7, 11) is 0. The second-order valence-corrected chi connectivity index (χ2v) is 4.31. The Labute approximate surface area is 119 Å². The molecule has 20 heavy (non-hydrogen) atoms. The average Bonchev–Trinajstić information content (AvgIpc) is 2.52. The van der Waals surface area contributed by atoms with Gasteiger partial charge in [0.15, 0.2) is 6.10 Å². The van der Waals surface area contributed by atoms with E-state index in [4.69, 9.17) is 14.7 Å². The number of ether oxygens (including phenoxy) is 2. The third-order valence-electron chi connectivity index (χ3n) is 2.88. The molecule has 0 aliphatic carbocycles. The lowest BCUT2D eigenvalue weighted by Gasteiger charge is -2.11. The zero-order valence-electron chi connectivity index (χ0n) is 11.5. The molecular formula is C17H17NO2. The van der Waals surface area contributed by atoms with Crippen molar-refractivity contribution in [2.45, 2.75) is 19.6 Å². The molecule has 102 valence electrons. The van der Waals surface area contributed by atoms with Gasteiger partial charge in [0.2, 0.25) is 0 Å². The first-order valence-electron chi connectivity index (χ1n) is 6.61. The lowest BCUT2D eigenvalue weighted by atomic mass is 10.1. The van der Waals surface area contributed by atoms with Crippen molar-refractivity contribution in [1.29, 1.82) is 5.26 Å². The van der Waals surface area contributed by atoms with E-state index >= 15 is 0 Å². The zero-order chi connectivity index (χ0) is 14.2. The third-order valence-corrected chi connectivity index (χ3v) is 2.88. The Bertz CT molecular complexity index is 558. The number of nitrogens with zero attached hydrogens (tertiary/aromatic N) is 1. The zero-order valence-corrected chi connectivity index (χ0v) is 11.5. The van der Waals surface area contributed by atoms with Crippen LogP contribution in [0.2, 0.25) is 0 Å². The summed E-state index contributed by atoms with van der Waals surface area (Å²) in [4.78, 5) is 0. The van der Waals surface area contributed by atoms with Crippen LogP contribution < -0.4 is 4.74 Å². The van der Waals surface area contributed by atoms with Gasteiger partial charge in [0.05, 0.1) is 6.07 Å². The Morgan fingerprint density at radius 3 is 2.35 bits per heavy atom. The van der Waals surface area contributed by atoms with Gasteiger partial charge >= 0.3 is 0 Å². The Balaban J connectivity index is 1.96. The highest BCUT2D eigenvalue weighted by Gasteiger charge is 2.09. The lowest BCUT2D eigenvalue weighted by molar-refractivity contribution is 0.102. The van der Waals surface area contributed by atoms with Crippen LogP contribution in [0.25, 0.3) is 0 Å². The van der Waals surface area contributed by atoms with E-state index in [-0.39, 0.29) is 0 Å². The van der Waals surface area contributed by atoms with E-state index in [9.17, 15) is 0 Å². The Hall–Kier alpha value is -2.31. The van der Waals surface area contributed by atoms with E-state index in [0.29, 0.717) is 13.2 Å². The minimum absolute atomic E-state index is 0.511. The Kier molecular flexibility index (Phi) is 5.16. The van der Waals surface area contributed by atoms with Gasteiger partial charge in [-0.25, -0.2) is 0 Å². The molecule has 3 nitrogen and oxygen atoms in total. The maximum atomic E-state index is 9.03. The number of hydrogen-bond acceptors (Lipinski definition) is 3. The van der Waals surface area contributed by atoms with Crippen LogP contribution in [0.4, 0.5) is 0 Å². The standard InChI is InChI=1S/C17H17NO2/c1-2-19-17(12-18)15-8-10-16(11-9-15)20-13-14-6-4-3-5-7-14/h3-11,17H,2,13H2,1H3. The molecule has 0 radical (unpaired) electrons. The Morgan fingerprint density at radius 2 is 1.75 bits per heavy atom. The summed E-state index contributed by atoms with van der Waals surface area (Å²) in [6, 6.07) is 19.6. The molecule has 0 aliphatic rings. The van der Waals surface area contributed by atoms with Gasteiger partial charge in [-0.1, -0.05) is 42.5 Å². The molecule has 0 aliphatic heterocycles. The number of rotatable bonds is 6. The summed E-state index contributed by atoms with van der Waals surface area (Å²) in [6.45, 7) is 2.93. The fourth-order valence-electron chi connectivity index (χ4n) is 1.85. The summed E-state index contributed by atoms with van der Waals surface area (Å²) in [5, 5.41) is 9.03. The van der Waals surface area contributed by atoms with Crippen LogP contribution in [-0.4, -0.2) is 6.61 Å². The fourth-order valence-corrected chi connectivity index (χ4v) is 1.85. The van der Waals surface area contributed by atoms with E-state index in [0.717, 1.165) is 16.9 Å². The minimum Gasteiger partial charge on any atom is -0.489 e. The monoisotopic (exact) mass is 267 g/mol. The van der Waals surface area contributed by atoms with E-state index in [1.807, 2.05) is 61.5 Å². The SMILES string of the molecule is CCOC(C#N)c1ccc(OCc2ccccc2)cc1. The van der Waals surface area contributed by atoms with Crippen molar-refractivity contribution in [2.75, 3.05) is 6.61 Å². The van der Waals surface area contributed by atoms with Gasteiger partial charge in [-0.2, -0.15) is 5.26 Å². The van der Waals surface area contributed by atoms with Gasteiger partial charge in [-0.15, -0.1) is 0 Å². The molecule has 0 saturated heterocycles. The molecule has 2 aromatic rings. The molecule has 0 heterocycles. The molecular weight excluding hydrogens is 250 g/mol. The highest BCUT2D eigenvalue weighted by molar-refractivity contribution is 5.31. The summed E-state index contributed by atoms with van der Waals surface area (Å²) in [5.41, 5.74) is 1.97. The predicted octanol–water partition coefficient (Wildman–Crippen LogP) is 3.87. The van der Waals surface area contributed by atoms with Crippen molar-refractivity contribution >= 4 is 0 Å². The molecule has 2 rings (SSSR count). The average molecular weight is 267 g/mol. The molecule has 1 atom stereocenters. The maximum absolute atomic E-state index is 9.03. The van der Waals surface area contributed by atoms with Gasteiger partial charge < -0.3 is 9.47 Å². The first-order valence-corrected chi connectivity index (χ1v) is 6.61. The largest absolute Gasteiger partial charge is 0.489 e. The van der Waals surface area contributed by atoms with Crippen LogP contribution in [0.3, 0.4) is 0 Å². The summed E-state index contributed by atoms with van der Waals surface area (Å²) < 4.78 is 11.0. The molecule has 0 aromatic heterocycles. The van der Waals surface area contributed by atoms with Gasteiger partial charge in [0, 0.05) is 6.61 Å². The van der Waals surface area contributed by atoms with Crippen LogP contribution in [0.5, 0.6) is 5.75 Å². The fraction of sp³-hybridized carbons (Fsp3) is 0.235. The van der Waals surface area contributed by atoms with Gasteiger partial charge in [0.1, 0.15) is 12.4 Å². The van der Waals surface area contributed by atoms with Gasteiger partial charge in [0.25, 0.3) is 0 Å². The second kappa shape index (κ2) is 7.32. The van der Waals surface area contributed by atoms with Crippen molar-refractivity contribution < 1.29 is 9.47 Å². The van der Waals surface area contributed by atoms with Crippen LogP contribution in [0, 0.1) is 11.3 Å². The van der Waals surface area contributed by atoms with Crippen molar-refractivity contribution in [3.8, 4) is 11.8 Å². The van der Waals surface area contributed by atoms with E-state index in [1.54, 1.807) is 0 Å². The molecule has 0 amide bonds.